The Balaban J connectivity index is 1.65. The quantitative estimate of drug-likeness (QED) is 0.679. The molecule has 1 saturated heterocycles. The minimum atomic E-state index is 0.637. The fourth-order valence-corrected chi connectivity index (χ4v) is 3.84. The van der Waals surface area contributed by atoms with E-state index in [2.05, 4.69) is 34.0 Å². The normalized spacial score (nSPS) is 21.7. The van der Waals surface area contributed by atoms with Gasteiger partial charge in [0.2, 0.25) is 0 Å². The second-order valence-electron chi connectivity index (χ2n) is 5.83. The predicted molar refractivity (Wildman–Crippen MR) is 81.6 cm³/mol. The Morgan fingerprint density at radius 3 is 2.95 bits per heavy atom. The first-order chi connectivity index (χ1) is 9.31. The van der Waals surface area contributed by atoms with Gasteiger partial charge < -0.3 is 10.2 Å². The van der Waals surface area contributed by atoms with E-state index in [1.54, 1.807) is 11.3 Å². The maximum atomic E-state index is 4.80. The maximum absolute atomic E-state index is 4.80. The van der Waals surface area contributed by atoms with Crippen molar-refractivity contribution in [1.29, 1.82) is 0 Å². The molecule has 1 spiro atoms. The summed E-state index contributed by atoms with van der Waals surface area (Å²) in [5.74, 6) is 1.11. The van der Waals surface area contributed by atoms with Crippen LogP contribution in [0.5, 0.6) is 0 Å². The molecule has 0 atom stereocenters. The van der Waals surface area contributed by atoms with Crippen LogP contribution in [-0.2, 0) is 6.54 Å². The Bertz CT molecular complexity index is 434. The van der Waals surface area contributed by atoms with Crippen molar-refractivity contribution in [3.8, 4) is 0 Å². The highest BCUT2D eigenvalue weighted by Gasteiger charge is 2.43. The summed E-state index contributed by atoms with van der Waals surface area (Å²) >= 11 is 1.75. The monoisotopic (exact) mass is 277 g/mol. The summed E-state index contributed by atoms with van der Waals surface area (Å²) in [6.07, 6.45) is 5.63. The van der Waals surface area contributed by atoms with E-state index in [0.29, 0.717) is 5.41 Å². The molecule has 0 unspecified atom stereocenters. The number of nitrogens with one attached hydrogen (secondary N) is 1. The molecule has 3 nitrogen and oxygen atoms in total. The van der Waals surface area contributed by atoms with Gasteiger partial charge in [-0.2, -0.15) is 11.3 Å². The third-order valence-corrected chi connectivity index (χ3v) is 5.21. The molecule has 3 rings (SSSR count). The topological polar surface area (TPSA) is 27.6 Å². The number of hydrogen-bond acceptors (Lipinski definition) is 2. The predicted octanol–water partition coefficient (Wildman–Crippen LogP) is 3.09. The van der Waals surface area contributed by atoms with Crippen LogP contribution in [0.25, 0.3) is 0 Å². The van der Waals surface area contributed by atoms with Gasteiger partial charge in [0.25, 0.3) is 0 Å². The Morgan fingerprint density at radius 2 is 2.37 bits per heavy atom. The summed E-state index contributed by atoms with van der Waals surface area (Å²) in [5.41, 5.74) is 1.96. The van der Waals surface area contributed by atoms with Crippen LogP contribution in [0.15, 0.2) is 21.8 Å². The molecule has 0 amide bonds. The fraction of sp³-hybridized carbons (Fsp3) is 0.667. The molecule has 1 N–H and O–H groups in total. The minimum absolute atomic E-state index is 0.637. The molecule has 1 saturated carbocycles. The van der Waals surface area contributed by atoms with E-state index in [1.807, 2.05) is 0 Å². The number of guanidine groups is 1. The van der Waals surface area contributed by atoms with Crippen molar-refractivity contribution in [3.05, 3.63) is 22.4 Å². The molecule has 1 aromatic heterocycles. The van der Waals surface area contributed by atoms with Gasteiger partial charge in [-0.1, -0.05) is 6.42 Å². The fourth-order valence-electron chi connectivity index (χ4n) is 3.18. The van der Waals surface area contributed by atoms with E-state index in [-0.39, 0.29) is 0 Å². The van der Waals surface area contributed by atoms with Crippen LogP contribution >= 0.6 is 11.3 Å². The number of nitrogens with zero attached hydrogens (tertiary/aromatic N) is 2. The minimum Gasteiger partial charge on any atom is -0.357 e. The van der Waals surface area contributed by atoms with Crippen LogP contribution in [0.4, 0.5) is 0 Å². The lowest BCUT2D eigenvalue weighted by Gasteiger charge is -2.38. The third kappa shape index (κ3) is 2.78. The molecule has 19 heavy (non-hydrogen) atoms. The lowest BCUT2D eigenvalue weighted by molar-refractivity contribution is 0.151. The SMILES string of the molecule is CCNC(=NCc1ccsc1)N1CCC2(CCC2)C1. The van der Waals surface area contributed by atoms with Crippen molar-refractivity contribution in [2.75, 3.05) is 19.6 Å². The standard InChI is InChI=1S/C15H23N3S/c1-2-16-14(17-10-13-4-9-19-11-13)18-8-7-15(12-18)5-3-6-15/h4,9,11H,2-3,5-8,10,12H2,1H3,(H,16,17). The van der Waals surface area contributed by atoms with Gasteiger partial charge in [-0.3, -0.25) is 0 Å². The zero-order chi connectivity index (χ0) is 13.1. The summed E-state index contributed by atoms with van der Waals surface area (Å²) in [5, 5.41) is 7.76. The van der Waals surface area contributed by atoms with Gasteiger partial charge in [-0.15, -0.1) is 0 Å². The highest BCUT2D eigenvalue weighted by atomic mass is 32.1. The average molecular weight is 277 g/mol. The number of thiophene rings is 1. The van der Waals surface area contributed by atoms with E-state index in [1.165, 1.54) is 44.3 Å². The van der Waals surface area contributed by atoms with Crippen molar-refractivity contribution < 1.29 is 0 Å². The summed E-state index contributed by atoms with van der Waals surface area (Å²) in [4.78, 5) is 7.27. The third-order valence-electron chi connectivity index (χ3n) is 4.48. The Morgan fingerprint density at radius 1 is 1.47 bits per heavy atom. The number of hydrogen-bond donors (Lipinski definition) is 1. The van der Waals surface area contributed by atoms with E-state index in [0.717, 1.165) is 19.0 Å². The van der Waals surface area contributed by atoms with Gasteiger partial charge >= 0.3 is 0 Å². The van der Waals surface area contributed by atoms with Crippen molar-refractivity contribution in [2.45, 2.75) is 39.2 Å². The van der Waals surface area contributed by atoms with Gasteiger partial charge in [-0.05, 0) is 54.0 Å². The van der Waals surface area contributed by atoms with Crippen molar-refractivity contribution in [2.24, 2.45) is 10.4 Å². The molecule has 0 bridgehead atoms. The first-order valence-corrected chi connectivity index (χ1v) is 8.30. The Labute approximate surface area is 119 Å². The highest BCUT2D eigenvalue weighted by Crippen LogP contribution is 2.47. The summed E-state index contributed by atoms with van der Waals surface area (Å²) in [6.45, 7) is 6.29. The molecule has 0 radical (unpaired) electrons. The van der Waals surface area contributed by atoms with Gasteiger partial charge in [0.05, 0.1) is 6.54 Å². The summed E-state index contributed by atoms with van der Waals surface area (Å²) in [6, 6.07) is 2.16. The molecule has 1 aliphatic carbocycles. The second-order valence-corrected chi connectivity index (χ2v) is 6.61. The van der Waals surface area contributed by atoms with Crippen LogP contribution < -0.4 is 5.32 Å². The Kier molecular flexibility index (Phi) is 3.78. The van der Waals surface area contributed by atoms with E-state index in [4.69, 9.17) is 4.99 Å². The van der Waals surface area contributed by atoms with Crippen molar-refractivity contribution in [1.82, 2.24) is 10.2 Å². The molecule has 1 aliphatic heterocycles. The largest absolute Gasteiger partial charge is 0.357 e. The van der Waals surface area contributed by atoms with Gasteiger partial charge in [-0.25, -0.2) is 4.99 Å². The van der Waals surface area contributed by atoms with Gasteiger partial charge in [0, 0.05) is 19.6 Å². The van der Waals surface area contributed by atoms with Crippen LogP contribution in [0.2, 0.25) is 0 Å². The molecular formula is C15H23N3S. The van der Waals surface area contributed by atoms with E-state index in [9.17, 15) is 0 Å². The lowest BCUT2D eigenvalue weighted by Crippen LogP contribution is -2.42. The molecule has 0 aromatic carbocycles. The molecule has 2 aliphatic rings. The Hall–Kier alpha value is -1.03. The molecule has 1 aromatic rings. The van der Waals surface area contributed by atoms with Gasteiger partial charge in [0.1, 0.15) is 0 Å². The van der Waals surface area contributed by atoms with Crippen LogP contribution in [0.1, 0.15) is 38.2 Å². The zero-order valence-electron chi connectivity index (χ0n) is 11.7. The van der Waals surface area contributed by atoms with Crippen molar-refractivity contribution in [3.63, 3.8) is 0 Å². The molecule has 2 fully saturated rings. The number of rotatable bonds is 3. The summed E-state index contributed by atoms with van der Waals surface area (Å²) in [7, 11) is 0. The van der Waals surface area contributed by atoms with Crippen molar-refractivity contribution >= 4 is 17.3 Å². The van der Waals surface area contributed by atoms with E-state index >= 15 is 0 Å². The van der Waals surface area contributed by atoms with Gasteiger partial charge in [0.15, 0.2) is 5.96 Å². The smallest absolute Gasteiger partial charge is 0.194 e. The lowest BCUT2D eigenvalue weighted by atomic mass is 9.68. The molecular weight excluding hydrogens is 254 g/mol. The maximum Gasteiger partial charge on any atom is 0.194 e. The highest BCUT2D eigenvalue weighted by molar-refractivity contribution is 7.07. The second kappa shape index (κ2) is 5.53. The molecule has 104 valence electrons. The summed E-state index contributed by atoms with van der Waals surface area (Å²) < 4.78 is 0. The van der Waals surface area contributed by atoms with Crippen LogP contribution in [0, 0.1) is 5.41 Å². The first-order valence-electron chi connectivity index (χ1n) is 7.36. The first kappa shape index (κ1) is 13.0. The molecule has 2 heterocycles. The van der Waals surface area contributed by atoms with Crippen LogP contribution in [0.3, 0.4) is 0 Å². The average Bonchev–Trinajstić information content (AvgIpc) is 3.02. The zero-order valence-corrected chi connectivity index (χ0v) is 12.5. The number of aliphatic imine (C=N–C) groups is 1. The molecule has 4 heteroatoms. The van der Waals surface area contributed by atoms with E-state index < -0.39 is 0 Å². The number of likely N-dealkylation sites (tertiary alicyclic amines) is 1. The van der Waals surface area contributed by atoms with Crippen LogP contribution in [-0.4, -0.2) is 30.5 Å².